The monoisotopic (exact) mass is 373 g/mol. The minimum atomic E-state index is -0.342. The molecule has 0 aliphatic heterocycles. The van der Waals surface area contributed by atoms with E-state index in [0.29, 0.717) is 5.95 Å². The molecule has 0 atom stereocenters. The van der Waals surface area contributed by atoms with Crippen molar-refractivity contribution in [2.45, 2.75) is 6.54 Å². The van der Waals surface area contributed by atoms with Crippen molar-refractivity contribution < 1.29 is 9.18 Å². The molecule has 0 aliphatic rings. The third kappa shape index (κ3) is 3.93. The van der Waals surface area contributed by atoms with Crippen LogP contribution in [-0.4, -0.2) is 20.9 Å². The van der Waals surface area contributed by atoms with E-state index in [1.54, 1.807) is 18.3 Å². The summed E-state index contributed by atoms with van der Waals surface area (Å²) in [5.74, 6) is -0.358. The number of para-hydroxylation sites is 1. The number of hydrogen-bond donors (Lipinski definition) is 2. The average Bonchev–Trinajstić information content (AvgIpc) is 2.74. The molecule has 0 fully saturated rings. The Hall–Kier alpha value is -3.87. The van der Waals surface area contributed by atoms with Gasteiger partial charge in [-0.3, -0.25) is 9.78 Å². The van der Waals surface area contributed by atoms with Gasteiger partial charge in [0.1, 0.15) is 11.5 Å². The van der Waals surface area contributed by atoms with Crippen molar-refractivity contribution in [2.24, 2.45) is 0 Å². The lowest BCUT2D eigenvalue weighted by Crippen LogP contribution is -2.24. The molecular weight excluding hydrogens is 357 g/mol. The summed E-state index contributed by atoms with van der Waals surface area (Å²) in [6.45, 7) is 0.277. The fourth-order valence-electron chi connectivity index (χ4n) is 2.75. The van der Waals surface area contributed by atoms with E-state index in [1.165, 1.54) is 24.4 Å². The van der Waals surface area contributed by atoms with Crippen molar-refractivity contribution in [1.82, 2.24) is 20.3 Å². The van der Waals surface area contributed by atoms with E-state index >= 15 is 0 Å². The Balaban J connectivity index is 1.49. The molecule has 0 saturated carbocycles. The molecule has 2 aromatic heterocycles. The molecular formula is C21H16FN5O. The van der Waals surface area contributed by atoms with Crippen molar-refractivity contribution in [1.29, 1.82) is 0 Å². The minimum Gasteiger partial charge on any atom is -0.347 e. The zero-order chi connectivity index (χ0) is 19.3. The van der Waals surface area contributed by atoms with Crippen LogP contribution < -0.4 is 10.6 Å². The van der Waals surface area contributed by atoms with Gasteiger partial charge in [-0.25, -0.2) is 14.4 Å². The number of nitrogens with one attached hydrogen (secondary N) is 2. The number of fused-ring (bicyclic) bond motifs is 1. The average molecular weight is 373 g/mol. The quantitative estimate of drug-likeness (QED) is 0.556. The van der Waals surface area contributed by atoms with Gasteiger partial charge in [0.25, 0.3) is 5.91 Å². The molecule has 138 valence electrons. The molecule has 0 bridgehead atoms. The van der Waals surface area contributed by atoms with E-state index in [0.717, 1.165) is 22.2 Å². The van der Waals surface area contributed by atoms with Crippen molar-refractivity contribution >= 4 is 28.4 Å². The topological polar surface area (TPSA) is 79.8 Å². The first-order valence-electron chi connectivity index (χ1n) is 8.65. The first-order valence-corrected chi connectivity index (χ1v) is 8.65. The van der Waals surface area contributed by atoms with Crippen molar-refractivity contribution in [3.63, 3.8) is 0 Å². The number of carbonyl (C=O) groups is 1. The third-order valence-corrected chi connectivity index (χ3v) is 4.13. The predicted molar refractivity (Wildman–Crippen MR) is 105 cm³/mol. The van der Waals surface area contributed by atoms with Gasteiger partial charge in [0.2, 0.25) is 5.95 Å². The fraction of sp³-hybridized carbons (Fsp3) is 0.0476. The normalized spacial score (nSPS) is 10.6. The molecule has 2 aromatic carbocycles. The van der Waals surface area contributed by atoms with Gasteiger partial charge in [-0.2, -0.15) is 0 Å². The van der Waals surface area contributed by atoms with E-state index in [4.69, 9.17) is 0 Å². The Morgan fingerprint density at radius 1 is 0.929 bits per heavy atom. The highest BCUT2D eigenvalue weighted by atomic mass is 19.1. The summed E-state index contributed by atoms with van der Waals surface area (Å²) < 4.78 is 13.0. The summed E-state index contributed by atoms with van der Waals surface area (Å²) >= 11 is 0. The Morgan fingerprint density at radius 3 is 2.61 bits per heavy atom. The Labute approximate surface area is 160 Å². The second-order valence-corrected chi connectivity index (χ2v) is 6.08. The van der Waals surface area contributed by atoms with Gasteiger partial charge in [0.05, 0.1) is 11.2 Å². The number of anilines is 2. The van der Waals surface area contributed by atoms with Crippen LogP contribution in [0.5, 0.6) is 0 Å². The lowest BCUT2D eigenvalue weighted by Gasteiger charge is -2.09. The van der Waals surface area contributed by atoms with E-state index < -0.39 is 0 Å². The summed E-state index contributed by atoms with van der Waals surface area (Å²) in [5.41, 5.74) is 2.57. The smallest absolute Gasteiger partial charge is 0.270 e. The van der Waals surface area contributed by atoms with Crippen LogP contribution in [0.4, 0.5) is 16.0 Å². The Bertz CT molecular complexity index is 1130. The number of carbonyl (C=O) groups excluding carboxylic acids is 1. The van der Waals surface area contributed by atoms with Gasteiger partial charge in [0.15, 0.2) is 0 Å². The maximum atomic E-state index is 13.0. The van der Waals surface area contributed by atoms with Gasteiger partial charge >= 0.3 is 0 Å². The van der Waals surface area contributed by atoms with Crippen LogP contribution in [0.25, 0.3) is 10.9 Å². The summed E-state index contributed by atoms with van der Waals surface area (Å²) in [4.78, 5) is 25.2. The number of amides is 1. The van der Waals surface area contributed by atoms with Gasteiger partial charge in [0, 0.05) is 24.3 Å². The Kier molecular flexibility index (Phi) is 4.88. The van der Waals surface area contributed by atoms with Crippen LogP contribution in [0.3, 0.4) is 0 Å². The van der Waals surface area contributed by atoms with E-state index in [-0.39, 0.29) is 24.0 Å². The van der Waals surface area contributed by atoms with Crippen molar-refractivity contribution in [3.8, 4) is 0 Å². The van der Waals surface area contributed by atoms with E-state index in [2.05, 4.69) is 25.6 Å². The summed E-state index contributed by atoms with van der Waals surface area (Å²) in [5, 5.41) is 6.87. The fourth-order valence-corrected chi connectivity index (χ4v) is 2.75. The zero-order valence-corrected chi connectivity index (χ0v) is 14.8. The number of pyridine rings is 1. The number of aromatic nitrogens is 3. The van der Waals surface area contributed by atoms with Gasteiger partial charge < -0.3 is 10.6 Å². The highest BCUT2D eigenvalue weighted by Gasteiger charge is 2.10. The molecule has 0 spiro atoms. The molecule has 2 N–H and O–H groups in total. The number of benzene rings is 2. The molecule has 4 aromatic rings. The first kappa shape index (κ1) is 17.5. The summed E-state index contributed by atoms with van der Waals surface area (Å²) in [6.07, 6.45) is 3.23. The molecule has 1 amide bonds. The molecule has 2 heterocycles. The van der Waals surface area contributed by atoms with Crippen LogP contribution in [0.15, 0.2) is 73.1 Å². The molecule has 0 saturated heterocycles. The van der Waals surface area contributed by atoms with Crippen LogP contribution in [-0.2, 0) is 6.54 Å². The molecule has 0 aliphatic carbocycles. The molecule has 0 unspecified atom stereocenters. The maximum absolute atomic E-state index is 13.0. The maximum Gasteiger partial charge on any atom is 0.270 e. The SMILES string of the molecule is O=C(NCc1ccc(F)cc1)c1ccnc(Nc2cccc3cccnc23)n1. The van der Waals surface area contributed by atoms with E-state index in [1.807, 2.05) is 30.3 Å². The highest BCUT2D eigenvalue weighted by Crippen LogP contribution is 2.22. The van der Waals surface area contributed by atoms with Gasteiger partial charge in [-0.05, 0) is 35.9 Å². The lowest BCUT2D eigenvalue weighted by molar-refractivity contribution is 0.0946. The van der Waals surface area contributed by atoms with Crippen LogP contribution in [0.1, 0.15) is 16.1 Å². The first-order chi connectivity index (χ1) is 13.7. The summed E-state index contributed by atoms with van der Waals surface area (Å²) in [6, 6.07) is 17.1. The van der Waals surface area contributed by atoms with Crippen LogP contribution >= 0.6 is 0 Å². The number of nitrogens with zero attached hydrogens (tertiary/aromatic N) is 3. The third-order valence-electron chi connectivity index (χ3n) is 4.13. The second kappa shape index (κ2) is 7.79. The Morgan fingerprint density at radius 2 is 1.75 bits per heavy atom. The summed E-state index contributed by atoms with van der Waals surface area (Å²) in [7, 11) is 0. The second-order valence-electron chi connectivity index (χ2n) is 6.08. The molecule has 6 nitrogen and oxygen atoms in total. The molecule has 7 heteroatoms. The molecule has 4 rings (SSSR count). The number of halogens is 1. The minimum absolute atomic E-state index is 0.229. The van der Waals surface area contributed by atoms with Gasteiger partial charge in [-0.15, -0.1) is 0 Å². The van der Waals surface area contributed by atoms with Crippen LogP contribution in [0, 0.1) is 5.82 Å². The van der Waals surface area contributed by atoms with E-state index in [9.17, 15) is 9.18 Å². The number of rotatable bonds is 5. The molecule has 0 radical (unpaired) electrons. The zero-order valence-electron chi connectivity index (χ0n) is 14.8. The van der Waals surface area contributed by atoms with Gasteiger partial charge in [-0.1, -0.05) is 30.3 Å². The lowest BCUT2D eigenvalue weighted by atomic mass is 10.2. The molecule has 28 heavy (non-hydrogen) atoms. The predicted octanol–water partition coefficient (Wildman–Crippen LogP) is 3.84. The van der Waals surface area contributed by atoms with Crippen LogP contribution in [0.2, 0.25) is 0 Å². The largest absolute Gasteiger partial charge is 0.347 e. The standard InChI is InChI=1S/C21H16FN5O/c22-16-8-6-14(7-9-16)13-25-20(28)18-10-12-24-21(27-18)26-17-5-1-3-15-4-2-11-23-19(15)17/h1-12H,13H2,(H,25,28)(H,24,26,27). The van der Waals surface area contributed by atoms with Crippen molar-refractivity contribution in [3.05, 3.63) is 90.1 Å². The number of hydrogen-bond acceptors (Lipinski definition) is 5. The highest BCUT2D eigenvalue weighted by molar-refractivity contribution is 5.93. The van der Waals surface area contributed by atoms with Crippen molar-refractivity contribution in [2.75, 3.05) is 5.32 Å².